The number of halogens is 2. The molecule has 0 bridgehead atoms. The second-order valence-electron chi connectivity index (χ2n) is 8.58. The zero-order chi connectivity index (χ0) is 25.2. The largest absolute Gasteiger partial charge is 0.486 e. The Morgan fingerprint density at radius 1 is 1.28 bits per heavy atom. The second-order valence-corrected chi connectivity index (χ2v) is 9.43. The minimum absolute atomic E-state index is 0.241. The first-order valence-corrected chi connectivity index (χ1v) is 12.3. The molecule has 3 heterocycles. The number of likely N-dealkylation sites (tertiary alicyclic amines) is 1. The number of nitrogens with zero attached hydrogens (tertiary/aromatic N) is 5. The second kappa shape index (κ2) is 10.1. The number of anilines is 2. The number of allylic oxidation sites excluding steroid dienone is 1. The molecule has 2 aromatic heterocycles. The molecular weight excluding hydrogens is 484 g/mol. The summed E-state index contributed by atoms with van der Waals surface area (Å²) in [5.74, 6) is 0.300. The van der Waals surface area contributed by atoms with Gasteiger partial charge in [0, 0.05) is 38.1 Å². The van der Waals surface area contributed by atoms with Crippen molar-refractivity contribution in [2.45, 2.75) is 18.7 Å². The average Bonchev–Trinajstić information content (AvgIpc) is 3.35. The van der Waals surface area contributed by atoms with Crippen LogP contribution in [0.3, 0.4) is 0 Å². The Bertz CT molecular complexity index is 1470. The maximum Gasteiger partial charge on any atom is 0.166 e. The van der Waals surface area contributed by atoms with Crippen LogP contribution in [-0.2, 0) is 0 Å². The van der Waals surface area contributed by atoms with Crippen molar-refractivity contribution in [2.75, 3.05) is 32.5 Å². The average molecular weight is 510 g/mol. The van der Waals surface area contributed by atoms with E-state index in [2.05, 4.69) is 25.3 Å². The van der Waals surface area contributed by atoms with Crippen molar-refractivity contribution in [3.8, 4) is 5.75 Å². The third-order valence-electron chi connectivity index (χ3n) is 6.14. The monoisotopic (exact) mass is 509 g/mol. The molecule has 5 rings (SSSR count). The lowest BCUT2D eigenvalue weighted by Gasteiger charge is -2.32. The van der Waals surface area contributed by atoms with Crippen LogP contribution >= 0.6 is 11.3 Å². The number of fused-ring (bicyclic) bond motifs is 2. The summed E-state index contributed by atoms with van der Waals surface area (Å²) >= 11 is 1.22. The highest BCUT2D eigenvalue weighted by atomic mass is 32.1. The summed E-state index contributed by atoms with van der Waals surface area (Å²) in [4.78, 5) is 19.0. The van der Waals surface area contributed by atoms with Crippen LogP contribution in [-0.4, -0.2) is 65.5 Å². The van der Waals surface area contributed by atoms with Crippen LogP contribution < -0.4 is 15.8 Å². The summed E-state index contributed by atoms with van der Waals surface area (Å²) < 4.78 is 36.8. The minimum atomic E-state index is -1.17. The summed E-state index contributed by atoms with van der Waals surface area (Å²) in [6, 6.07) is 6.94. The lowest BCUT2D eigenvalue weighted by atomic mass is 10.0. The Labute approximate surface area is 210 Å². The van der Waals surface area contributed by atoms with E-state index in [0.29, 0.717) is 56.8 Å². The van der Waals surface area contributed by atoms with Gasteiger partial charge in [-0.2, -0.15) is 0 Å². The molecule has 4 aromatic rings. The van der Waals surface area contributed by atoms with Gasteiger partial charge in [0.1, 0.15) is 30.2 Å². The number of rotatable bonds is 6. The third kappa shape index (κ3) is 4.59. The van der Waals surface area contributed by atoms with Crippen molar-refractivity contribution in [1.29, 1.82) is 0 Å². The Kier molecular flexibility index (Phi) is 6.75. The molecule has 0 aliphatic carbocycles. The number of ether oxygens (including phenoxy) is 1. The van der Waals surface area contributed by atoms with E-state index in [4.69, 9.17) is 10.5 Å². The highest BCUT2D eigenvalue weighted by Gasteiger charge is 2.30. The maximum atomic E-state index is 15.2. The number of benzene rings is 2. The molecule has 1 aliphatic rings. The first kappa shape index (κ1) is 24.0. The van der Waals surface area contributed by atoms with E-state index in [9.17, 15) is 4.39 Å². The minimum Gasteiger partial charge on any atom is -0.486 e. The molecule has 0 amide bonds. The van der Waals surface area contributed by atoms with Gasteiger partial charge in [0.15, 0.2) is 5.82 Å². The number of aromatic nitrogens is 3. The number of nitrogens with one attached hydrogen (secondary N) is 1. The normalized spacial score (nSPS) is 19.4. The fourth-order valence-corrected chi connectivity index (χ4v) is 5.04. The van der Waals surface area contributed by atoms with Crippen molar-refractivity contribution in [2.24, 2.45) is 10.7 Å². The molecule has 8 nitrogen and oxygen atoms in total. The van der Waals surface area contributed by atoms with Crippen molar-refractivity contribution in [3.63, 3.8) is 0 Å². The van der Waals surface area contributed by atoms with Crippen molar-refractivity contribution >= 4 is 55.7 Å². The van der Waals surface area contributed by atoms with Gasteiger partial charge in [-0.05, 0) is 43.3 Å². The third-order valence-corrected chi connectivity index (χ3v) is 6.97. The van der Waals surface area contributed by atoms with Gasteiger partial charge in [0.2, 0.25) is 0 Å². The van der Waals surface area contributed by atoms with Crippen LogP contribution in [0.4, 0.5) is 20.3 Å². The number of alkyl halides is 1. The first-order valence-electron chi connectivity index (χ1n) is 11.4. The Balaban J connectivity index is 1.63. The molecule has 1 saturated heterocycles. The van der Waals surface area contributed by atoms with Crippen molar-refractivity contribution < 1.29 is 13.5 Å². The van der Waals surface area contributed by atoms with Crippen LogP contribution in [0.1, 0.15) is 12.0 Å². The number of hydrogen-bond donors (Lipinski definition) is 2. The summed E-state index contributed by atoms with van der Waals surface area (Å²) in [5.41, 5.74) is 10.2. The molecule has 36 heavy (non-hydrogen) atoms. The standard InChI is InChI=1S/C25H25F2N7OS/c1-29-10-15(9-28)14-7-19-22(21(8-14)35-20-5-6-34(2)11-16(20)26)25(31-12-30-19)33-17-3-4-18-24(23(17)27)36-13-32-18/h3-4,7-10,12-13,16,20H,5-6,11,28H2,1-2H3,(H,30,31,33)/t16-,20-/m1/s1. The van der Waals surface area contributed by atoms with E-state index < -0.39 is 18.1 Å². The molecule has 0 unspecified atom stereocenters. The molecule has 11 heteroatoms. The summed E-state index contributed by atoms with van der Waals surface area (Å²) in [6.45, 7) is 0.987. The Morgan fingerprint density at radius 3 is 2.92 bits per heavy atom. The number of piperidine rings is 1. The molecule has 0 radical (unpaired) electrons. The predicted octanol–water partition coefficient (Wildman–Crippen LogP) is 4.54. The molecule has 1 fully saturated rings. The highest BCUT2D eigenvalue weighted by molar-refractivity contribution is 7.16. The van der Waals surface area contributed by atoms with Gasteiger partial charge < -0.3 is 20.7 Å². The van der Waals surface area contributed by atoms with E-state index in [1.165, 1.54) is 23.9 Å². The van der Waals surface area contributed by atoms with Crippen LogP contribution in [0, 0.1) is 5.82 Å². The quantitative estimate of drug-likeness (QED) is 0.368. The fourth-order valence-electron chi connectivity index (χ4n) is 4.31. The molecule has 1 aliphatic heterocycles. The Morgan fingerprint density at radius 2 is 2.14 bits per heavy atom. The number of nitrogens with two attached hydrogens (primary N) is 1. The maximum absolute atomic E-state index is 15.2. The van der Waals surface area contributed by atoms with Gasteiger partial charge in [-0.1, -0.05) is 0 Å². The van der Waals surface area contributed by atoms with Crippen LogP contribution in [0.5, 0.6) is 5.75 Å². The number of aliphatic imine (C=N–C) groups is 1. The lowest BCUT2D eigenvalue weighted by molar-refractivity contribution is 0.0322. The van der Waals surface area contributed by atoms with Gasteiger partial charge in [-0.15, -0.1) is 11.3 Å². The number of hydrogen-bond acceptors (Lipinski definition) is 9. The van der Waals surface area contributed by atoms with Crippen LogP contribution in [0.25, 0.3) is 26.7 Å². The zero-order valence-electron chi connectivity index (χ0n) is 19.8. The molecule has 3 N–H and O–H groups in total. The van der Waals surface area contributed by atoms with Gasteiger partial charge in [-0.3, -0.25) is 4.99 Å². The van der Waals surface area contributed by atoms with Gasteiger partial charge >= 0.3 is 0 Å². The smallest absolute Gasteiger partial charge is 0.166 e. The first-order chi connectivity index (χ1) is 17.5. The van der Waals surface area contributed by atoms with E-state index in [1.54, 1.807) is 37.0 Å². The number of thiazole rings is 1. The van der Waals surface area contributed by atoms with E-state index >= 15 is 4.39 Å². The van der Waals surface area contributed by atoms with Crippen LogP contribution in [0.2, 0.25) is 0 Å². The molecule has 0 spiro atoms. The predicted molar refractivity (Wildman–Crippen MR) is 140 cm³/mol. The summed E-state index contributed by atoms with van der Waals surface area (Å²) in [5, 5.41) is 3.60. The molecule has 186 valence electrons. The van der Waals surface area contributed by atoms with Crippen molar-refractivity contribution in [1.82, 2.24) is 19.9 Å². The van der Waals surface area contributed by atoms with E-state index in [1.807, 2.05) is 18.0 Å². The van der Waals surface area contributed by atoms with Gasteiger partial charge in [0.25, 0.3) is 0 Å². The topological polar surface area (TPSA) is 102 Å². The fraction of sp³-hybridized carbons (Fsp3) is 0.280. The molecule has 2 atom stereocenters. The van der Waals surface area contributed by atoms with Crippen LogP contribution in [0.15, 0.2) is 47.3 Å². The SMILES string of the molecule is CN=CC(=CN)c1cc(O[C@@H]2CCN(C)C[C@H]2F)c2c(Nc3ccc4ncsc4c3F)ncnc2c1. The Hall–Kier alpha value is -3.70. The highest BCUT2D eigenvalue weighted by Crippen LogP contribution is 2.37. The van der Waals surface area contributed by atoms with E-state index in [0.717, 1.165) is 0 Å². The molecule has 2 aromatic carbocycles. The van der Waals surface area contributed by atoms with Gasteiger partial charge in [0.05, 0.1) is 32.3 Å². The molecular formula is C25H25F2N7OS. The summed E-state index contributed by atoms with van der Waals surface area (Å²) in [6.07, 6.45) is 3.14. The van der Waals surface area contributed by atoms with Crippen molar-refractivity contribution in [3.05, 3.63) is 53.7 Å². The molecule has 0 saturated carbocycles. The van der Waals surface area contributed by atoms with E-state index in [-0.39, 0.29) is 12.2 Å². The van der Waals surface area contributed by atoms with Gasteiger partial charge in [-0.25, -0.2) is 23.7 Å². The lowest BCUT2D eigenvalue weighted by Crippen LogP contribution is -2.45. The zero-order valence-corrected chi connectivity index (χ0v) is 20.6. The summed E-state index contributed by atoms with van der Waals surface area (Å²) in [7, 11) is 3.53.